The Balaban J connectivity index is 2.69. The number of alkyl carbamates (subject to hydrolysis) is 1. The lowest BCUT2D eigenvalue weighted by Gasteiger charge is -2.34. The van der Waals surface area contributed by atoms with Gasteiger partial charge in [0, 0.05) is 11.8 Å². The van der Waals surface area contributed by atoms with Crippen molar-refractivity contribution in [3.63, 3.8) is 0 Å². The number of carboxylic acids is 1. The average Bonchev–Trinajstić information content (AvgIpc) is 2.92. The van der Waals surface area contributed by atoms with Gasteiger partial charge in [0.1, 0.15) is 17.7 Å². The number of rotatable bonds is 10. The van der Waals surface area contributed by atoms with Crippen LogP contribution in [-0.4, -0.2) is 52.8 Å². The fraction of sp³-hybridized carbons (Fsp3) is 0.514. The summed E-state index contributed by atoms with van der Waals surface area (Å²) in [4.78, 5) is 64.3. The number of carboxylic acid groups (broad SMARTS) is 1. The zero-order valence-corrected chi connectivity index (χ0v) is 28.5. The van der Waals surface area contributed by atoms with E-state index in [1.54, 1.807) is 106 Å². The standard InChI is InChI=1S/C35H47NO10/c1-20(21(2)43-29(39)22-15-13-12-14-16-22)26(27(28(37)38)36-32(42)46-35(9,10)11)23-17-18-24(44-30(40)33(3,4)5)25(19-23)45-31(41)34(6,7)8/h12-21,26-27H,1-11H3,(H,36,42)(H,37,38)/t20?,21?,26?,27-/m1/s1. The molecular weight excluding hydrogens is 594 g/mol. The van der Waals surface area contributed by atoms with Crippen molar-refractivity contribution in [3.8, 4) is 11.5 Å². The fourth-order valence-electron chi connectivity index (χ4n) is 4.15. The van der Waals surface area contributed by atoms with Gasteiger partial charge in [0.15, 0.2) is 11.5 Å². The van der Waals surface area contributed by atoms with Crippen LogP contribution in [0.1, 0.15) is 98.0 Å². The summed E-state index contributed by atoms with van der Waals surface area (Å²) in [5.74, 6) is -5.20. The van der Waals surface area contributed by atoms with Crippen LogP contribution >= 0.6 is 0 Å². The molecule has 2 N–H and O–H groups in total. The van der Waals surface area contributed by atoms with E-state index in [9.17, 15) is 29.1 Å². The molecule has 0 aliphatic heterocycles. The van der Waals surface area contributed by atoms with Crippen molar-refractivity contribution in [2.45, 2.75) is 99.8 Å². The molecule has 0 aromatic heterocycles. The molecule has 0 aliphatic carbocycles. The van der Waals surface area contributed by atoms with E-state index in [0.29, 0.717) is 11.1 Å². The van der Waals surface area contributed by atoms with Crippen LogP contribution in [0.4, 0.5) is 4.79 Å². The molecule has 2 aromatic carbocycles. The molecule has 3 unspecified atom stereocenters. The first kappa shape index (κ1) is 37.8. The van der Waals surface area contributed by atoms with E-state index < -0.39 is 70.4 Å². The third-order valence-electron chi connectivity index (χ3n) is 6.89. The molecule has 0 bridgehead atoms. The van der Waals surface area contributed by atoms with Gasteiger partial charge in [-0.05, 0) is 99.1 Å². The van der Waals surface area contributed by atoms with E-state index >= 15 is 0 Å². The zero-order valence-electron chi connectivity index (χ0n) is 28.5. The SMILES string of the molecule is CC(OC(=O)c1ccccc1)C(C)C(c1ccc(OC(=O)C(C)(C)C)c(OC(=O)C(C)(C)C)c1)[C@@H](NC(=O)OC(C)(C)C)C(=O)O. The summed E-state index contributed by atoms with van der Waals surface area (Å²) >= 11 is 0. The van der Waals surface area contributed by atoms with Gasteiger partial charge in [0.25, 0.3) is 0 Å². The Hall–Kier alpha value is -4.41. The molecule has 4 atom stereocenters. The minimum atomic E-state index is -1.59. The monoisotopic (exact) mass is 641 g/mol. The van der Waals surface area contributed by atoms with Gasteiger partial charge in [0.05, 0.1) is 16.4 Å². The number of hydrogen-bond donors (Lipinski definition) is 2. The second kappa shape index (κ2) is 14.8. The van der Waals surface area contributed by atoms with E-state index in [4.69, 9.17) is 18.9 Å². The normalized spacial score (nSPS) is 14.6. The Bertz CT molecular complexity index is 1410. The Morgan fingerprint density at radius 3 is 1.74 bits per heavy atom. The molecule has 2 aromatic rings. The van der Waals surface area contributed by atoms with E-state index in [0.717, 1.165) is 0 Å². The Morgan fingerprint density at radius 1 is 0.739 bits per heavy atom. The molecule has 11 nitrogen and oxygen atoms in total. The Kier molecular flexibility index (Phi) is 12.1. The highest BCUT2D eigenvalue weighted by atomic mass is 16.6. The van der Waals surface area contributed by atoms with E-state index in [2.05, 4.69) is 5.32 Å². The lowest BCUT2D eigenvalue weighted by Crippen LogP contribution is -2.49. The van der Waals surface area contributed by atoms with Crippen LogP contribution in [0.2, 0.25) is 0 Å². The number of nitrogens with one attached hydrogen (secondary N) is 1. The lowest BCUT2D eigenvalue weighted by molar-refractivity contribution is -0.145. The molecule has 0 spiro atoms. The van der Waals surface area contributed by atoms with Crippen LogP contribution in [0.25, 0.3) is 0 Å². The van der Waals surface area contributed by atoms with E-state index in [-0.39, 0.29) is 11.5 Å². The van der Waals surface area contributed by atoms with Gasteiger partial charge in [-0.3, -0.25) is 9.59 Å². The van der Waals surface area contributed by atoms with Crippen molar-refractivity contribution in [2.75, 3.05) is 0 Å². The topological polar surface area (TPSA) is 155 Å². The summed E-state index contributed by atoms with van der Waals surface area (Å²) in [7, 11) is 0. The number of carbonyl (C=O) groups excluding carboxylic acids is 4. The van der Waals surface area contributed by atoms with Crippen molar-refractivity contribution >= 4 is 30.0 Å². The number of esters is 3. The maximum atomic E-state index is 13.0. The van der Waals surface area contributed by atoms with Gasteiger partial charge in [-0.25, -0.2) is 14.4 Å². The van der Waals surface area contributed by atoms with Gasteiger partial charge in [-0.1, -0.05) is 31.2 Å². The van der Waals surface area contributed by atoms with Crippen molar-refractivity contribution in [3.05, 3.63) is 59.7 Å². The second-order valence-electron chi connectivity index (χ2n) is 14.3. The molecule has 0 radical (unpaired) electrons. The number of aliphatic carboxylic acids is 1. The number of benzene rings is 2. The molecule has 0 saturated heterocycles. The first-order chi connectivity index (χ1) is 21.0. The van der Waals surface area contributed by atoms with Gasteiger partial charge < -0.3 is 29.4 Å². The molecule has 11 heteroatoms. The summed E-state index contributed by atoms with van der Waals surface area (Å²) in [5.41, 5.74) is -2.13. The third-order valence-corrected chi connectivity index (χ3v) is 6.89. The van der Waals surface area contributed by atoms with Crippen LogP contribution in [-0.2, 0) is 23.9 Å². The molecule has 0 fully saturated rings. The van der Waals surface area contributed by atoms with Crippen molar-refractivity contribution in [1.29, 1.82) is 0 Å². The molecule has 1 amide bonds. The number of ether oxygens (including phenoxy) is 4. The maximum absolute atomic E-state index is 13.0. The van der Waals surface area contributed by atoms with Crippen LogP contribution < -0.4 is 14.8 Å². The van der Waals surface area contributed by atoms with Crippen LogP contribution in [0.5, 0.6) is 11.5 Å². The van der Waals surface area contributed by atoms with E-state index in [1.165, 1.54) is 18.2 Å². The Morgan fingerprint density at radius 2 is 1.26 bits per heavy atom. The van der Waals surface area contributed by atoms with Crippen LogP contribution in [0.15, 0.2) is 48.5 Å². The summed E-state index contributed by atoms with van der Waals surface area (Å²) in [5, 5.41) is 12.8. The smallest absolute Gasteiger partial charge is 0.408 e. The van der Waals surface area contributed by atoms with Crippen LogP contribution in [0, 0.1) is 16.7 Å². The zero-order chi connectivity index (χ0) is 35.2. The first-order valence-electron chi connectivity index (χ1n) is 15.1. The molecular formula is C35H47NO10. The summed E-state index contributed by atoms with van der Waals surface area (Å²) < 4.78 is 22.4. The summed E-state index contributed by atoms with van der Waals surface area (Å²) in [6.45, 7) is 18.2. The first-order valence-corrected chi connectivity index (χ1v) is 15.1. The fourth-order valence-corrected chi connectivity index (χ4v) is 4.15. The van der Waals surface area contributed by atoms with Crippen molar-refractivity contribution in [2.24, 2.45) is 16.7 Å². The average molecular weight is 642 g/mol. The predicted molar refractivity (Wildman–Crippen MR) is 171 cm³/mol. The minimum Gasteiger partial charge on any atom is -0.480 e. The second-order valence-corrected chi connectivity index (χ2v) is 14.3. The maximum Gasteiger partial charge on any atom is 0.408 e. The number of carbonyl (C=O) groups is 5. The molecule has 2 rings (SSSR count). The summed E-state index contributed by atoms with van der Waals surface area (Å²) in [6, 6.07) is 11.0. The molecule has 252 valence electrons. The Labute approximate surface area is 270 Å². The highest BCUT2D eigenvalue weighted by Gasteiger charge is 2.40. The third kappa shape index (κ3) is 10.9. The number of amides is 1. The highest BCUT2D eigenvalue weighted by Crippen LogP contribution is 2.39. The molecule has 46 heavy (non-hydrogen) atoms. The van der Waals surface area contributed by atoms with Crippen molar-refractivity contribution < 1.29 is 48.0 Å². The van der Waals surface area contributed by atoms with Gasteiger partial charge in [0.2, 0.25) is 0 Å². The number of hydrogen-bond acceptors (Lipinski definition) is 9. The van der Waals surface area contributed by atoms with Crippen LogP contribution in [0.3, 0.4) is 0 Å². The van der Waals surface area contributed by atoms with Gasteiger partial charge in [-0.15, -0.1) is 0 Å². The van der Waals surface area contributed by atoms with E-state index in [1.807, 2.05) is 0 Å². The molecule has 0 saturated carbocycles. The predicted octanol–water partition coefficient (Wildman–Crippen LogP) is 6.53. The van der Waals surface area contributed by atoms with Crippen molar-refractivity contribution in [1.82, 2.24) is 5.32 Å². The van der Waals surface area contributed by atoms with Gasteiger partial charge >= 0.3 is 30.0 Å². The quantitative estimate of drug-likeness (QED) is 0.216. The molecule has 0 aliphatic rings. The largest absolute Gasteiger partial charge is 0.480 e. The summed E-state index contributed by atoms with van der Waals surface area (Å²) in [6.07, 6.45) is -1.83. The van der Waals surface area contributed by atoms with Gasteiger partial charge in [-0.2, -0.15) is 0 Å². The lowest BCUT2D eigenvalue weighted by atomic mass is 9.78. The molecule has 0 heterocycles. The highest BCUT2D eigenvalue weighted by molar-refractivity contribution is 5.89. The minimum absolute atomic E-state index is 0.0526.